The minimum Gasteiger partial charge on any atom is -0.497 e. The zero-order chi connectivity index (χ0) is 22.9. The summed E-state index contributed by atoms with van der Waals surface area (Å²) >= 11 is 0. The van der Waals surface area contributed by atoms with Crippen LogP contribution in [0.25, 0.3) is 0 Å². The van der Waals surface area contributed by atoms with Gasteiger partial charge in [0.05, 0.1) is 7.11 Å². The van der Waals surface area contributed by atoms with Crippen LogP contribution in [-0.4, -0.2) is 31.4 Å². The molecule has 7 heteroatoms. The fraction of sp³-hybridized carbons (Fsp3) is 0.160. The van der Waals surface area contributed by atoms with Crippen LogP contribution < -0.4 is 15.4 Å². The summed E-state index contributed by atoms with van der Waals surface area (Å²) in [5.74, 6) is -0.997. The molecule has 0 aliphatic rings. The number of aryl methyl sites for hydroxylation is 1. The number of carbonyl (C=O) groups is 3. The van der Waals surface area contributed by atoms with Gasteiger partial charge in [-0.3, -0.25) is 14.4 Å². The van der Waals surface area contributed by atoms with E-state index < -0.39 is 23.9 Å². The monoisotopic (exact) mass is 432 g/mol. The maximum Gasteiger partial charge on any atom is 0.326 e. The van der Waals surface area contributed by atoms with E-state index in [0.717, 1.165) is 5.56 Å². The Morgan fingerprint density at radius 1 is 0.875 bits per heavy atom. The molecule has 0 saturated carbocycles. The molecule has 3 aromatic carbocycles. The smallest absolute Gasteiger partial charge is 0.326 e. The minimum absolute atomic E-state index is 0.369. The third kappa shape index (κ3) is 6.18. The first-order chi connectivity index (χ1) is 15.5. The lowest BCUT2D eigenvalue weighted by molar-refractivity contribution is -0.153. The van der Waals surface area contributed by atoms with Gasteiger partial charge in [-0.2, -0.15) is 0 Å². The van der Waals surface area contributed by atoms with E-state index in [1.807, 2.05) is 19.1 Å². The van der Waals surface area contributed by atoms with Crippen molar-refractivity contribution in [2.24, 2.45) is 0 Å². The Bertz CT molecular complexity index is 1060. The second-order valence-electron chi connectivity index (χ2n) is 7.05. The van der Waals surface area contributed by atoms with E-state index in [2.05, 4.69) is 10.6 Å². The van der Waals surface area contributed by atoms with Crippen molar-refractivity contribution in [3.63, 3.8) is 0 Å². The summed E-state index contributed by atoms with van der Waals surface area (Å²) in [5, 5.41) is 5.25. The van der Waals surface area contributed by atoms with Gasteiger partial charge in [0.25, 0.3) is 11.8 Å². The summed E-state index contributed by atoms with van der Waals surface area (Å²) in [6, 6.07) is 22.4. The Hall–Kier alpha value is -4.13. The summed E-state index contributed by atoms with van der Waals surface area (Å²) in [5.41, 5.74) is 2.49. The third-order valence-electron chi connectivity index (χ3n) is 4.65. The number of methoxy groups -OCH3 is 1. The number of esters is 1. The summed E-state index contributed by atoms with van der Waals surface area (Å²) in [6.07, 6.45) is -1.18. The molecule has 2 N–H and O–H groups in total. The number of carbonyl (C=O) groups excluding carboxylic acids is 3. The summed E-state index contributed by atoms with van der Waals surface area (Å²) < 4.78 is 10.5. The van der Waals surface area contributed by atoms with Gasteiger partial charge in [-0.25, -0.2) is 0 Å². The van der Waals surface area contributed by atoms with Gasteiger partial charge in [-0.05, 0) is 43.3 Å². The number of amides is 2. The fourth-order valence-corrected chi connectivity index (χ4v) is 2.92. The predicted molar refractivity (Wildman–Crippen MR) is 120 cm³/mol. The van der Waals surface area contributed by atoms with Crippen molar-refractivity contribution in [1.29, 1.82) is 0 Å². The standard InChI is InChI=1S/C25H24N2O5/c1-17-8-10-19(11-9-17)24(29)26-16-22(28)32-23(18-6-4-3-5-7-18)25(30)27-20-12-14-21(31-2)15-13-20/h3-15,23H,16H2,1-2H3,(H,26,29)(H,27,30). The molecule has 1 atom stereocenters. The van der Waals surface area contributed by atoms with Crippen LogP contribution in [0.1, 0.15) is 27.6 Å². The van der Waals surface area contributed by atoms with Crippen LogP contribution in [0.3, 0.4) is 0 Å². The average Bonchev–Trinajstić information content (AvgIpc) is 2.82. The van der Waals surface area contributed by atoms with Crippen molar-refractivity contribution < 1.29 is 23.9 Å². The molecule has 0 fully saturated rings. The Labute approximate surface area is 186 Å². The van der Waals surface area contributed by atoms with Gasteiger partial charge >= 0.3 is 5.97 Å². The zero-order valence-electron chi connectivity index (χ0n) is 17.8. The highest BCUT2D eigenvalue weighted by atomic mass is 16.5. The molecule has 0 spiro atoms. The van der Waals surface area contributed by atoms with E-state index in [1.54, 1.807) is 73.8 Å². The predicted octanol–water partition coefficient (Wildman–Crippen LogP) is 3.66. The van der Waals surface area contributed by atoms with Crippen LogP contribution >= 0.6 is 0 Å². The Morgan fingerprint density at radius 2 is 1.53 bits per heavy atom. The molecule has 3 aromatic rings. The molecule has 0 aliphatic heterocycles. The van der Waals surface area contributed by atoms with Crippen molar-refractivity contribution >= 4 is 23.5 Å². The van der Waals surface area contributed by atoms with E-state index >= 15 is 0 Å². The van der Waals surface area contributed by atoms with Crippen LogP contribution in [0.5, 0.6) is 5.75 Å². The largest absolute Gasteiger partial charge is 0.497 e. The molecule has 2 amide bonds. The summed E-state index contributed by atoms with van der Waals surface area (Å²) in [7, 11) is 1.55. The Kier molecular flexibility index (Phi) is 7.59. The van der Waals surface area contributed by atoms with Gasteiger partial charge in [0.1, 0.15) is 12.3 Å². The van der Waals surface area contributed by atoms with Crippen LogP contribution in [0.4, 0.5) is 5.69 Å². The Balaban J connectivity index is 1.65. The lowest BCUT2D eigenvalue weighted by atomic mass is 10.1. The number of anilines is 1. The minimum atomic E-state index is -1.18. The summed E-state index contributed by atoms with van der Waals surface area (Å²) in [4.78, 5) is 37.5. The van der Waals surface area contributed by atoms with Gasteiger partial charge < -0.3 is 20.1 Å². The molecule has 0 heterocycles. The summed E-state index contributed by atoms with van der Waals surface area (Å²) in [6.45, 7) is 1.55. The maximum atomic E-state index is 12.9. The van der Waals surface area contributed by atoms with Crippen molar-refractivity contribution in [1.82, 2.24) is 5.32 Å². The molecule has 7 nitrogen and oxygen atoms in total. The second kappa shape index (κ2) is 10.8. The topological polar surface area (TPSA) is 93.7 Å². The van der Waals surface area contributed by atoms with Crippen molar-refractivity contribution in [3.8, 4) is 5.75 Å². The van der Waals surface area contributed by atoms with Crippen molar-refractivity contribution in [2.45, 2.75) is 13.0 Å². The van der Waals surface area contributed by atoms with E-state index in [9.17, 15) is 14.4 Å². The van der Waals surface area contributed by atoms with E-state index in [1.165, 1.54) is 0 Å². The lowest BCUT2D eigenvalue weighted by Crippen LogP contribution is -2.33. The Morgan fingerprint density at radius 3 is 2.16 bits per heavy atom. The molecule has 0 aromatic heterocycles. The van der Waals surface area contributed by atoms with Crippen molar-refractivity contribution in [3.05, 3.63) is 95.6 Å². The van der Waals surface area contributed by atoms with Crippen LogP contribution in [0, 0.1) is 6.92 Å². The van der Waals surface area contributed by atoms with E-state index in [0.29, 0.717) is 22.6 Å². The molecule has 1 unspecified atom stereocenters. The first-order valence-corrected chi connectivity index (χ1v) is 10.0. The van der Waals surface area contributed by atoms with Crippen LogP contribution in [0.15, 0.2) is 78.9 Å². The van der Waals surface area contributed by atoms with Gasteiger partial charge in [-0.1, -0.05) is 48.0 Å². The first-order valence-electron chi connectivity index (χ1n) is 10.0. The molecular formula is C25H24N2O5. The maximum absolute atomic E-state index is 12.9. The SMILES string of the molecule is COc1ccc(NC(=O)C(OC(=O)CNC(=O)c2ccc(C)cc2)c2ccccc2)cc1. The number of nitrogens with one attached hydrogen (secondary N) is 2. The average molecular weight is 432 g/mol. The second-order valence-corrected chi connectivity index (χ2v) is 7.05. The highest BCUT2D eigenvalue weighted by molar-refractivity contribution is 5.98. The molecule has 32 heavy (non-hydrogen) atoms. The molecule has 0 radical (unpaired) electrons. The number of ether oxygens (including phenoxy) is 2. The molecular weight excluding hydrogens is 408 g/mol. The molecule has 0 aliphatic carbocycles. The van der Waals surface area contributed by atoms with E-state index in [4.69, 9.17) is 9.47 Å². The third-order valence-corrected chi connectivity index (χ3v) is 4.65. The normalized spacial score (nSPS) is 11.2. The van der Waals surface area contributed by atoms with Gasteiger partial charge in [-0.15, -0.1) is 0 Å². The van der Waals surface area contributed by atoms with Crippen LogP contribution in [-0.2, 0) is 14.3 Å². The van der Waals surface area contributed by atoms with Gasteiger partial charge in [0.15, 0.2) is 0 Å². The molecule has 0 saturated heterocycles. The zero-order valence-corrected chi connectivity index (χ0v) is 17.8. The highest BCUT2D eigenvalue weighted by Gasteiger charge is 2.25. The fourth-order valence-electron chi connectivity index (χ4n) is 2.92. The van der Waals surface area contributed by atoms with Gasteiger partial charge in [0, 0.05) is 16.8 Å². The number of hydrogen-bond acceptors (Lipinski definition) is 5. The van der Waals surface area contributed by atoms with Gasteiger partial charge in [0.2, 0.25) is 6.10 Å². The number of benzene rings is 3. The van der Waals surface area contributed by atoms with E-state index in [-0.39, 0.29) is 6.54 Å². The van der Waals surface area contributed by atoms with Crippen molar-refractivity contribution in [2.75, 3.05) is 19.0 Å². The molecule has 3 rings (SSSR count). The number of rotatable bonds is 8. The first kappa shape index (κ1) is 22.6. The van der Waals surface area contributed by atoms with Crippen LogP contribution in [0.2, 0.25) is 0 Å². The molecule has 0 bridgehead atoms. The molecule has 164 valence electrons. The highest BCUT2D eigenvalue weighted by Crippen LogP contribution is 2.21. The lowest BCUT2D eigenvalue weighted by Gasteiger charge is -2.18. The number of hydrogen-bond donors (Lipinski definition) is 2. The quantitative estimate of drug-likeness (QED) is 0.530.